The van der Waals surface area contributed by atoms with Crippen molar-refractivity contribution in [1.82, 2.24) is 0 Å². The van der Waals surface area contributed by atoms with Gasteiger partial charge in [-0.25, -0.2) is 0 Å². The molecular formula is C11H14O2P-. The Kier molecular flexibility index (Phi) is 4.64. The molecule has 0 aliphatic carbocycles. The van der Waals surface area contributed by atoms with Crippen LogP contribution in [0.25, 0.3) is 0 Å². The van der Waals surface area contributed by atoms with Crippen LogP contribution in [0.2, 0.25) is 0 Å². The largest absolute Gasteiger partial charge is 0.830 e. The van der Waals surface area contributed by atoms with Gasteiger partial charge in [0.2, 0.25) is 0 Å². The van der Waals surface area contributed by atoms with Crippen LogP contribution in [-0.2, 0) is 0 Å². The van der Waals surface area contributed by atoms with E-state index < -0.39 is 0 Å². The van der Waals surface area contributed by atoms with Gasteiger partial charge in [0.15, 0.2) is 0 Å². The Labute approximate surface area is 86.3 Å². The molecule has 1 aromatic carbocycles. The third-order valence-electron chi connectivity index (χ3n) is 1.62. The zero-order chi connectivity index (χ0) is 10.4. The van der Waals surface area contributed by atoms with E-state index in [1.54, 1.807) is 0 Å². The first kappa shape index (κ1) is 11.2. The second-order valence-electron chi connectivity index (χ2n) is 3.43. The number of ether oxygens (including phenoxy) is 1. The van der Waals surface area contributed by atoms with Crippen molar-refractivity contribution in [3.8, 4) is 5.75 Å². The van der Waals surface area contributed by atoms with Gasteiger partial charge in [0, 0.05) is 5.30 Å². The molecule has 0 aromatic heterocycles. The zero-order valence-electron chi connectivity index (χ0n) is 8.43. The second-order valence-corrected chi connectivity index (χ2v) is 4.42. The van der Waals surface area contributed by atoms with Crippen molar-refractivity contribution in [2.24, 2.45) is 5.92 Å². The van der Waals surface area contributed by atoms with Crippen LogP contribution in [0.3, 0.4) is 0 Å². The van der Waals surface area contributed by atoms with Crippen LogP contribution >= 0.6 is 8.20 Å². The standard InChI is InChI=1S/C11H15O2P/c1-9(2)7-13-10-3-5-11(6-4-10)14-8-12/h3-6,8-9,12H,7H2,1-2H3/p-1. The summed E-state index contributed by atoms with van der Waals surface area (Å²) in [5.41, 5.74) is 0. The molecule has 1 aromatic rings. The van der Waals surface area contributed by atoms with Gasteiger partial charge in [-0.15, -0.1) is 0 Å². The summed E-state index contributed by atoms with van der Waals surface area (Å²) in [5, 5.41) is 11.2. The van der Waals surface area contributed by atoms with E-state index in [2.05, 4.69) is 13.8 Å². The van der Waals surface area contributed by atoms with E-state index >= 15 is 0 Å². The summed E-state index contributed by atoms with van der Waals surface area (Å²) >= 11 is 0. The summed E-state index contributed by atoms with van der Waals surface area (Å²) in [6.45, 7) is 4.95. The normalized spacial score (nSPS) is 11.1. The summed E-state index contributed by atoms with van der Waals surface area (Å²) < 4.78 is 5.51. The van der Waals surface area contributed by atoms with E-state index in [1.807, 2.05) is 24.3 Å². The zero-order valence-corrected chi connectivity index (χ0v) is 9.33. The number of rotatable bonds is 4. The molecule has 0 unspecified atom stereocenters. The molecule has 3 heteroatoms. The maximum Gasteiger partial charge on any atom is 0.119 e. The van der Waals surface area contributed by atoms with Gasteiger partial charge in [-0.3, -0.25) is 0 Å². The molecule has 2 nitrogen and oxygen atoms in total. The molecule has 0 heterocycles. The molecule has 0 aliphatic heterocycles. The molecular weight excluding hydrogens is 195 g/mol. The summed E-state index contributed by atoms with van der Waals surface area (Å²) in [6, 6.07) is 7.61. The van der Waals surface area contributed by atoms with Crippen molar-refractivity contribution in [3.63, 3.8) is 0 Å². The van der Waals surface area contributed by atoms with Crippen LogP contribution < -0.4 is 15.1 Å². The van der Waals surface area contributed by atoms with Gasteiger partial charge in [0.25, 0.3) is 0 Å². The highest BCUT2D eigenvalue weighted by molar-refractivity contribution is 7.46. The first-order valence-electron chi connectivity index (χ1n) is 4.59. The van der Waals surface area contributed by atoms with Gasteiger partial charge in [0.1, 0.15) is 5.75 Å². The molecule has 0 amide bonds. The fraction of sp³-hybridized carbons (Fsp3) is 0.364. The quantitative estimate of drug-likeness (QED) is 0.702. The lowest BCUT2D eigenvalue weighted by molar-refractivity contribution is -0.195. The summed E-state index contributed by atoms with van der Waals surface area (Å²) in [6.07, 6.45) is 0. The van der Waals surface area contributed by atoms with Crippen LogP contribution in [0.1, 0.15) is 13.8 Å². The fourth-order valence-corrected chi connectivity index (χ4v) is 1.40. The van der Waals surface area contributed by atoms with Crippen LogP contribution in [0.5, 0.6) is 5.75 Å². The highest BCUT2D eigenvalue weighted by Gasteiger charge is 1.96. The van der Waals surface area contributed by atoms with Crippen LogP contribution in [0.15, 0.2) is 24.3 Å². The number of hydrogen-bond acceptors (Lipinski definition) is 2. The Morgan fingerprint density at radius 2 is 2.00 bits per heavy atom. The van der Waals surface area contributed by atoms with Gasteiger partial charge in [0.05, 0.1) is 6.61 Å². The summed E-state index contributed by atoms with van der Waals surface area (Å²) in [5.74, 6) is 2.27. The monoisotopic (exact) mass is 209 g/mol. The Morgan fingerprint density at radius 1 is 1.36 bits per heavy atom. The molecule has 0 bridgehead atoms. The predicted molar refractivity (Wildman–Crippen MR) is 59.4 cm³/mol. The molecule has 0 N–H and O–H groups in total. The minimum absolute atomic E-state index is 0.530. The Hall–Kier alpha value is -0.850. The smallest absolute Gasteiger partial charge is 0.119 e. The average molecular weight is 209 g/mol. The SMILES string of the molecule is CC(C)COc1ccc(P=C[O-])cc1. The minimum Gasteiger partial charge on any atom is -0.830 e. The third-order valence-corrected chi connectivity index (χ3v) is 2.32. The van der Waals surface area contributed by atoms with Crippen molar-refractivity contribution < 1.29 is 9.84 Å². The molecule has 1 rings (SSSR count). The molecule has 0 saturated carbocycles. The fourth-order valence-electron chi connectivity index (χ4n) is 0.952. The lowest BCUT2D eigenvalue weighted by Crippen LogP contribution is -2.05. The van der Waals surface area contributed by atoms with Crippen LogP contribution in [0.4, 0.5) is 0 Å². The van der Waals surface area contributed by atoms with Crippen LogP contribution in [0, 0.1) is 5.92 Å². The Balaban J connectivity index is 2.55. The Bertz CT molecular complexity index is 291. The van der Waals surface area contributed by atoms with Crippen molar-refractivity contribution in [1.29, 1.82) is 0 Å². The van der Waals surface area contributed by atoms with Crippen molar-refractivity contribution in [2.75, 3.05) is 6.61 Å². The van der Waals surface area contributed by atoms with Crippen molar-refractivity contribution in [3.05, 3.63) is 24.3 Å². The topological polar surface area (TPSA) is 32.3 Å². The lowest BCUT2D eigenvalue weighted by Gasteiger charge is -2.08. The van der Waals surface area contributed by atoms with Gasteiger partial charge in [-0.2, -0.15) is 5.98 Å². The molecule has 14 heavy (non-hydrogen) atoms. The van der Waals surface area contributed by atoms with Crippen molar-refractivity contribution in [2.45, 2.75) is 13.8 Å². The van der Waals surface area contributed by atoms with E-state index in [0.717, 1.165) is 23.6 Å². The van der Waals surface area contributed by atoms with E-state index in [0.29, 0.717) is 14.1 Å². The molecule has 0 spiro atoms. The minimum atomic E-state index is 0.530. The third kappa shape index (κ3) is 3.91. The van der Waals surface area contributed by atoms with Gasteiger partial charge >= 0.3 is 0 Å². The van der Waals surface area contributed by atoms with E-state index in [9.17, 15) is 5.11 Å². The summed E-state index contributed by atoms with van der Waals surface area (Å²) in [4.78, 5) is 0. The van der Waals surface area contributed by atoms with Crippen molar-refractivity contribution >= 4 is 19.5 Å². The maximum atomic E-state index is 10.2. The molecule has 0 aliphatic rings. The van der Waals surface area contributed by atoms with E-state index in [1.165, 1.54) is 0 Å². The van der Waals surface area contributed by atoms with Gasteiger partial charge < -0.3 is 9.84 Å². The first-order valence-corrected chi connectivity index (χ1v) is 5.56. The molecule has 0 atom stereocenters. The van der Waals surface area contributed by atoms with Crippen LogP contribution in [-0.4, -0.2) is 12.6 Å². The first-order chi connectivity index (χ1) is 6.72. The van der Waals surface area contributed by atoms with E-state index in [4.69, 9.17) is 4.74 Å². The van der Waals surface area contributed by atoms with Gasteiger partial charge in [-0.05, 0) is 30.2 Å². The van der Waals surface area contributed by atoms with Gasteiger partial charge in [-0.1, -0.05) is 22.1 Å². The molecule has 0 saturated heterocycles. The average Bonchev–Trinajstić information content (AvgIpc) is 2.17. The Morgan fingerprint density at radius 3 is 2.50 bits per heavy atom. The predicted octanol–water partition coefficient (Wildman–Crippen LogP) is 1.41. The number of benzene rings is 1. The molecule has 76 valence electrons. The second kappa shape index (κ2) is 5.79. The lowest BCUT2D eigenvalue weighted by atomic mass is 10.2. The summed E-state index contributed by atoms with van der Waals surface area (Å²) in [7, 11) is 0.709. The number of hydrogen-bond donors (Lipinski definition) is 0. The van der Waals surface area contributed by atoms with E-state index in [-0.39, 0.29) is 0 Å². The molecule has 0 fully saturated rings. The highest BCUT2D eigenvalue weighted by Crippen LogP contribution is 2.10. The maximum absolute atomic E-state index is 10.2. The highest BCUT2D eigenvalue weighted by atomic mass is 31.1. The molecule has 0 radical (unpaired) electrons.